The second-order valence-electron chi connectivity index (χ2n) is 11.4. The Hall–Kier alpha value is -1.39. The van der Waals surface area contributed by atoms with Gasteiger partial charge in [0.15, 0.2) is 0 Å². The maximum absolute atomic E-state index is 13.8. The average Bonchev–Trinajstić information content (AvgIpc) is 3.26. The molecule has 3 aliphatic rings. The first-order chi connectivity index (χ1) is 16.6. The second kappa shape index (κ2) is 9.49. The van der Waals surface area contributed by atoms with Gasteiger partial charge in [-0.05, 0) is 94.5 Å². The summed E-state index contributed by atoms with van der Waals surface area (Å²) in [6, 6.07) is 8.10. The molecule has 1 aromatic carbocycles. The van der Waals surface area contributed by atoms with Crippen LogP contribution >= 0.6 is 23.3 Å². The molecule has 2 heterocycles. The van der Waals surface area contributed by atoms with Crippen molar-refractivity contribution in [3.05, 3.63) is 40.8 Å². The quantitative estimate of drug-likeness (QED) is 0.325. The van der Waals surface area contributed by atoms with E-state index in [2.05, 4.69) is 21.6 Å². The van der Waals surface area contributed by atoms with E-state index in [1.807, 2.05) is 37.1 Å². The van der Waals surface area contributed by atoms with Gasteiger partial charge in [-0.1, -0.05) is 11.9 Å². The van der Waals surface area contributed by atoms with Gasteiger partial charge < -0.3 is 14.7 Å². The van der Waals surface area contributed by atoms with E-state index in [1.165, 1.54) is 54.5 Å². The van der Waals surface area contributed by atoms with Crippen LogP contribution in [0.5, 0.6) is 0 Å². The summed E-state index contributed by atoms with van der Waals surface area (Å²) in [5, 5.41) is 11.0. The van der Waals surface area contributed by atoms with Crippen LogP contribution in [0.2, 0.25) is 0 Å². The zero-order valence-corrected chi connectivity index (χ0v) is 23.1. The minimum atomic E-state index is -1.35. The third kappa shape index (κ3) is 5.21. The van der Waals surface area contributed by atoms with Gasteiger partial charge in [0.25, 0.3) is 5.91 Å². The number of amides is 1. The highest BCUT2D eigenvalue weighted by Gasteiger charge is 2.53. The number of nitrogens with zero attached hydrogens (tertiary/aromatic N) is 1. The van der Waals surface area contributed by atoms with Crippen molar-refractivity contribution < 1.29 is 14.1 Å². The van der Waals surface area contributed by atoms with Crippen LogP contribution in [-0.4, -0.2) is 39.7 Å². The third-order valence-corrected chi connectivity index (χ3v) is 11.1. The normalized spacial score (nSPS) is 20.7. The first kappa shape index (κ1) is 25.3. The fourth-order valence-corrected chi connectivity index (χ4v) is 8.07. The molecule has 0 radical (unpaired) electrons. The van der Waals surface area contributed by atoms with E-state index in [0.29, 0.717) is 27.5 Å². The van der Waals surface area contributed by atoms with Crippen LogP contribution in [0.3, 0.4) is 0 Å². The number of benzene rings is 1. The van der Waals surface area contributed by atoms with E-state index < -0.39 is 11.0 Å². The number of rotatable bonds is 7. The van der Waals surface area contributed by atoms with E-state index in [1.54, 1.807) is 6.07 Å². The molecule has 3 N–H and O–H groups in total. The molecule has 2 aliphatic carbocycles. The summed E-state index contributed by atoms with van der Waals surface area (Å²) in [4.78, 5) is 15.7. The van der Waals surface area contributed by atoms with Crippen molar-refractivity contribution in [1.29, 1.82) is 0 Å². The molecule has 2 aromatic rings. The molecule has 0 saturated heterocycles. The smallest absolute Gasteiger partial charge is 0.259 e. The molecule has 2 spiro atoms. The molecule has 2 fully saturated rings. The highest BCUT2D eigenvalue weighted by molar-refractivity contribution is 8.00. The van der Waals surface area contributed by atoms with Crippen LogP contribution < -0.4 is 14.3 Å². The molecular weight excluding hydrogens is 499 g/mol. The SMILES string of the molecule is CC(C)(C)NS(=O)c1cc(C(=O)N2CC3(CCC4(CC4)CC3)c3cc(NSCCO)ccc32)cs1. The van der Waals surface area contributed by atoms with Gasteiger partial charge in [-0.3, -0.25) is 4.79 Å². The predicted molar refractivity (Wildman–Crippen MR) is 147 cm³/mol. The van der Waals surface area contributed by atoms with Crippen LogP contribution in [0, 0.1) is 5.41 Å². The summed E-state index contributed by atoms with van der Waals surface area (Å²) >= 11 is 2.87. The molecule has 1 unspecified atom stereocenters. The lowest BCUT2D eigenvalue weighted by Gasteiger charge is -2.38. The Morgan fingerprint density at radius 1 is 1.17 bits per heavy atom. The van der Waals surface area contributed by atoms with Crippen molar-refractivity contribution in [2.24, 2.45) is 5.41 Å². The van der Waals surface area contributed by atoms with Crippen LogP contribution in [0.25, 0.3) is 0 Å². The van der Waals surface area contributed by atoms with Crippen LogP contribution in [-0.2, 0) is 16.4 Å². The summed E-state index contributed by atoms with van der Waals surface area (Å²) in [6.07, 6.45) is 7.43. The number of aliphatic hydroxyl groups is 1. The van der Waals surface area contributed by atoms with Crippen LogP contribution in [0.15, 0.2) is 33.9 Å². The number of carbonyl (C=O) groups excluding carboxylic acids is 1. The Morgan fingerprint density at radius 3 is 2.54 bits per heavy atom. The number of fused-ring (bicyclic) bond motifs is 2. The molecule has 0 bridgehead atoms. The Kier molecular flexibility index (Phi) is 6.85. The largest absolute Gasteiger partial charge is 0.395 e. The van der Waals surface area contributed by atoms with E-state index in [4.69, 9.17) is 5.11 Å². The molecule has 5 rings (SSSR count). The van der Waals surface area contributed by atoms with E-state index in [9.17, 15) is 9.00 Å². The highest BCUT2D eigenvalue weighted by atomic mass is 32.2. The lowest BCUT2D eigenvalue weighted by molar-refractivity contribution is 0.0980. The molecule has 2 saturated carbocycles. The zero-order chi connectivity index (χ0) is 24.8. The zero-order valence-electron chi connectivity index (χ0n) is 20.7. The summed E-state index contributed by atoms with van der Waals surface area (Å²) in [7, 11) is -1.35. The van der Waals surface area contributed by atoms with Crippen molar-refractivity contribution in [1.82, 2.24) is 4.72 Å². The van der Waals surface area contributed by atoms with Gasteiger partial charge in [-0.2, -0.15) is 0 Å². The minimum absolute atomic E-state index is 0.00632. The summed E-state index contributed by atoms with van der Waals surface area (Å²) < 4.78 is 19.8. The minimum Gasteiger partial charge on any atom is -0.395 e. The number of nitrogens with one attached hydrogen (secondary N) is 2. The first-order valence-electron chi connectivity index (χ1n) is 12.4. The van der Waals surface area contributed by atoms with Gasteiger partial charge in [0.1, 0.15) is 15.2 Å². The molecule has 1 amide bonds. The molecule has 190 valence electrons. The van der Waals surface area contributed by atoms with Gasteiger partial charge in [0.2, 0.25) is 0 Å². The van der Waals surface area contributed by atoms with Crippen LogP contribution in [0.4, 0.5) is 11.4 Å². The molecule has 6 nitrogen and oxygen atoms in total. The monoisotopic (exact) mass is 533 g/mol. The van der Waals surface area contributed by atoms with Crippen molar-refractivity contribution in [2.75, 3.05) is 28.5 Å². The fraction of sp³-hybridized carbons (Fsp3) is 0.577. The highest BCUT2D eigenvalue weighted by Crippen LogP contribution is 2.62. The number of thiophene rings is 1. The average molecular weight is 534 g/mol. The van der Waals surface area contributed by atoms with E-state index >= 15 is 0 Å². The first-order valence-corrected chi connectivity index (χ1v) is 15.4. The topological polar surface area (TPSA) is 81.7 Å². The lowest BCUT2D eigenvalue weighted by Crippen LogP contribution is -2.39. The van der Waals surface area contributed by atoms with E-state index in [0.717, 1.165) is 24.2 Å². The molecule has 9 heteroatoms. The summed E-state index contributed by atoms with van der Waals surface area (Å²) in [5.41, 5.74) is 4.18. The predicted octanol–water partition coefficient (Wildman–Crippen LogP) is 5.46. The summed E-state index contributed by atoms with van der Waals surface area (Å²) in [5.74, 6) is 0.613. The Bertz CT molecular complexity index is 1130. The number of carbonyl (C=O) groups is 1. The number of aliphatic hydroxyl groups excluding tert-OH is 1. The molecule has 1 aromatic heterocycles. The van der Waals surface area contributed by atoms with Crippen molar-refractivity contribution in [3.63, 3.8) is 0 Å². The van der Waals surface area contributed by atoms with Crippen LogP contribution in [0.1, 0.15) is 75.2 Å². The van der Waals surface area contributed by atoms with Gasteiger partial charge in [0, 0.05) is 40.0 Å². The van der Waals surface area contributed by atoms with Gasteiger partial charge in [-0.25, -0.2) is 8.93 Å². The standard InChI is InChI=1S/C26H35N3O3S3/c1-24(2,3)28-35(32)22-14-18(16-33-22)23(31)29-17-26(10-8-25(6-7-25)9-11-26)20-15-19(4-5-21(20)29)27-34-13-12-30/h4-5,14-16,27-28,30H,6-13,17H2,1-3H3. The third-order valence-electron chi connectivity index (χ3n) is 7.58. The second-order valence-corrected chi connectivity index (χ2v) is 14.6. The Morgan fingerprint density at radius 2 is 1.89 bits per heavy atom. The van der Waals surface area contributed by atoms with Crippen molar-refractivity contribution >= 4 is 51.6 Å². The maximum atomic E-state index is 13.8. The van der Waals surface area contributed by atoms with Crippen molar-refractivity contribution in [2.45, 2.75) is 74.5 Å². The molecule has 35 heavy (non-hydrogen) atoms. The Balaban J connectivity index is 1.41. The lowest BCUT2D eigenvalue weighted by atomic mass is 9.66. The van der Waals surface area contributed by atoms with E-state index in [-0.39, 0.29) is 23.5 Å². The van der Waals surface area contributed by atoms with Gasteiger partial charge >= 0.3 is 0 Å². The maximum Gasteiger partial charge on any atom is 0.259 e. The van der Waals surface area contributed by atoms with Crippen molar-refractivity contribution in [3.8, 4) is 0 Å². The summed E-state index contributed by atoms with van der Waals surface area (Å²) in [6.45, 7) is 6.78. The molecular formula is C26H35N3O3S3. The van der Waals surface area contributed by atoms with Gasteiger partial charge in [0.05, 0.1) is 12.2 Å². The fourth-order valence-electron chi connectivity index (χ4n) is 5.47. The number of hydrogen-bond acceptors (Lipinski definition) is 6. The number of hydrogen-bond donors (Lipinski definition) is 3. The Labute approximate surface area is 219 Å². The number of anilines is 2. The molecule has 1 aliphatic heterocycles. The molecule has 1 atom stereocenters. The van der Waals surface area contributed by atoms with Gasteiger partial charge in [-0.15, -0.1) is 11.3 Å².